The number of aryl methyl sites for hydroxylation is 1. The number of fused-ring (bicyclic) bond motifs is 1. The van der Waals surface area contributed by atoms with Crippen LogP contribution >= 0.6 is 0 Å². The third kappa shape index (κ3) is 2.67. The van der Waals surface area contributed by atoms with Crippen LogP contribution in [0.2, 0.25) is 0 Å². The number of carbonyl (C=O) groups is 2. The molecule has 0 bridgehead atoms. The number of hydrogen-bond acceptors (Lipinski definition) is 6. The normalized spacial score (nSPS) is 20.4. The Labute approximate surface area is 145 Å². The van der Waals surface area contributed by atoms with Crippen molar-refractivity contribution < 1.29 is 18.5 Å². The Morgan fingerprint density at radius 3 is 2.92 bits per heavy atom. The minimum atomic E-state index is -0.239. The average Bonchev–Trinajstić information content (AvgIpc) is 3.32. The number of Topliss-reactive ketones (excluding diaryl/α,β-unsaturated/α-hetero) is 1. The Balaban J connectivity index is 1.63. The molecule has 7 nitrogen and oxygen atoms in total. The van der Waals surface area contributed by atoms with E-state index in [-0.39, 0.29) is 23.7 Å². The van der Waals surface area contributed by atoms with Gasteiger partial charge in [-0.05, 0) is 19.3 Å². The van der Waals surface area contributed by atoms with Crippen molar-refractivity contribution in [2.45, 2.75) is 57.9 Å². The van der Waals surface area contributed by atoms with Crippen LogP contribution < -0.4 is 0 Å². The molecule has 2 aromatic rings. The van der Waals surface area contributed by atoms with Crippen LogP contribution in [0.4, 0.5) is 0 Å². The predicted octanol–water partition coefficient (Wildman–Crippen LogP) is 3.28. The summed E-state index contributed by atoms with van der Waals surface area (Å²) in [5.74, 6) is 1.72. The number of furan rings is 1. The van der Waals surface area contributed by atoms with Crippen LogP contribution in [0.25, 0.3) is 0 Å². The number of nitrogens with zero attached hydrogens (tertiary/aromatic N) is 3. The van der Waals surface area contributed by atoms with E-state index in [2.05, 4.69) is 10.1 Å². The number of aromatic nitrogens is 2. The summed E-state index contributed by atoms with van der Waals surface area (Å²) >= 11 is 0. The summed E-state index contributed by atoms with van der Waals surface area (Å²) < 4.78 is 10.9. The van der Waals surface area contributed by atoms with Crippen molar-refractivity contribution >= 4 is 11.7 Å². The Hall–Kier alpha value is -2.44. The molecule has 2 aromatic heterocycles. The smallest absolute Gasteiger partial charge is 0.258 e. The van der Waals surface area contributed by atoms with Gasteiger partial charge in [0.15, 0.2) is 11.6 Å². The molecule has 132 valence electrons. The quantitative estimate of drug-likeness (QED) is 0.849. The highest BCUT2D eigenvalue weighted by Crippen LogP contribution is 2.35. The molecule has 0 spiro atoms. The highest BCUT2D eigenvalue weighted by atomic mass is 16.5. The summed E-state index contributed by atoms with van der Waals surface area (Å²) in [6.45, 7) is 4.60. The van der Waals surface area contributed by atoms with Gasteiger partial charge in [-0.3, -0.25) is 9.59 Å². The van der Waals surface area contributed by atoms with E-state index in [4.69, 9.17) is 8.94 Å². The molecule has 25 heavy (non-hydrogen) atoms. The lowest BCUT2D eigenvalue weighted by atomic mass is 9.93. The van der Waals surface area contributed by atoms with E-state index in [1.54, 1.807) is 4.90 Å². The van der Waals surface area contributed by atoms with Crippen molar-refractivity contribution in [3.8, 4) is 0 Å². The van der Waals surface area contributed by atoms with Crippen LogP contribution in [-0.4, -0.2) is 33.3 Å². The molecule has 4 rings (SSSR count). The van der Waals surface area contributed by atoms with Gasteiger partial charge < -0.3 is 13.8 Å². The molecule has 1 saturated heterocycles. The van der Waals surface area contributed by atoms with Gasteiger partial charge in [0.2, 0.25) is 5.89 Å². The minimum Gasteiger partial charge on any atom is -0.468 e. The van der Waals surface area contributed by atoms with Gasteiger partial charge in [-0.2, -0.15) is 4.98 Å². The second kappa shape index (κ2) is 6.13. The number of amides is 1. The lowest BCUT2D eigenvalue weighted by Crippen LogP contribution is -2.31. The zero-order valence-electron chi connectivity index (χ0n) is 14.4. The standard InChI is InChI=1S/C18H21N3O4/c1-10(2)16-19-17(25-20-16)12-5-4-8-21(12)18(23)11-9-24-14-7-3-6-13(22)15(11)14/h9-10,12H,3-8H2,1-2H3/t12-/m1/s1. The Bertz CT molecular complexity index is 820. The second-order valence-corrected chi connectivity index (χ2v) is 7.03. The van der Waals surface area contributed by atoms with Crippen LogP contribution in [0.5, 0.6) is 0 Å². The first-order valence-corrected chi connectivity index (χ1v) is 8.84. The molecule has 1 aliphatic carbocycles. The molecule has 1 amide bonds. The van der Waals surface area contributed by atoms with Gasteiger partial charge in [-0.1, -0.05) is 19.0 Å². The van der Waals surface area contributed by atoms with E-state index in [0.717, 1.165) is 19.3 Å². The van der Waals surface area contributed by atoms with Crippen molar-refractivity contribution in [1.29, 1.82) is 0 Å². The van der Waals surface area contributed by atoms with Gasteiger partial charge >= 0.3 is 0 Å². The van der Waals surface area contributed by atoms with Gasteiger partial charge in [0.1, 0.15) is 18.1 Å². The maximum absolute atomic E-state index is 13.1. The van der Waals surface area contributed by atoms with E-state index in [1.165, 1.54) is 6.26 Å². The summed E-state index contributed by atoms with van der Waals surface area (Å²) in [7, 11) is 0. The maximum Gasteiger partial charge on any atom is 0.258 e. The summed E-state index contributed by atoms with van der Waals surface area (Å²) in [5, 5.41) is 4.00. The molecular weight excluding hydrogens is 322 g/mol. The highest BCUT2D eigenvalue weighted by Gasteiger charge is 2.38. The van der Waals surface area contributed by atoms with Crippen molar-refractivity contribution in [2.75, 3.05) is 6.54 Å². The first kappa shape index (κ1) is 16.1. The lowest BCUT2D eigenvalue weighted by Gasteiger charge is -2.22. The van der Waals surface area contributed by atoms with Crippen molar-refractivity contribution in [2.24, 2.45) is 0 Å². The topological polar surface area (TPSA) is 89.4 Å². The monoisotopic (exact) mass is 343 g/mol. The van der Waals surface area contributed by atoms with Crippen LogP contribution in [-0.2, 0) is 6.42 Å². The summed E-state index contributed by atoms with van der Waals surface area (Å²) in [6.07, 6.45) is 5.03. The summed E-state index contributed by atoms with van der Waals surface area (Å²) in [4.78, 5) is 31.5. The fraction of sp³-hybridized carbons (Fsp3) is 0.556. The molecule has 7 heteroatoms. The number of hydrogen-bond donors (Lipinski definition) is 0. The first-order valence-electron chi connectivity index (χ1n) is 8.84. The number of rotatable bonds is 3. The SMILES string of the molecule is CC(C)c1noc([C@H]2CCCN2C(=O)c2coc3c2C(=O)CCC3)n1. The van der Waals surface area contributed by atoms with Crippen molar-refractivity contribution in [3.63, 3.8) is 0 Å². The number of carbonyl (C=O) groups excluding carboxylic acids is 2. The van der Waals surface area contributed by atoms with E-state index in [9.17, 15) is 9.59 Å². The second-order valence-electron chi connectivity index (χ2n) is 7.03. The molecule has 0 saturated carbocycles. The fourth-order valence-corrected chi connectivity index (χ4v) is 3.62. The summed E-state index contributed by atoms with van der Waals surface area (Å²) in [6, 6.07) is -0.239. The van der Waals surface area contributed by atoms with Gasteiger partial charge in [0.05, 0.1) is 11.1 Å². The van der Waals surface area contributed by atoms with E-state index >= 15 is 0 Å². The molecule has 0 radical (unpaired) electrons. The molecule has 0 aromatic carbocycles. The van der Waals surface area contributed by atoms with E-state index < -0.39 is 0 Å². The largest absolute Gasteiger partial charge is 0.468 e. The third-order valence-electron chi connectivity index (χ3n) is 4.96. The summed E-state index contributed by atoms with van der Waals surface area (Å²) in [5.41, 5.74) is 0.838. The first-order chi connectivity index (χ1) is 12.1. The van der Waals surface area contributed by atoms with E-state index in [1.807, 2.05) is 13.8 Å². The molecule has 0 unspecified atom stereocenters. The van der Waals surface area contributed by atoms with Gasteiger partial charge in [0, 0.05) is 25.3 Å². The van der Waals surface area contributed by atoms with Crippen LogP contribution in [0, 0.1) is 0 Å². The zero-order chi connectivity index (χ0) is 17.6. The lowest BCUT2D eigenvalue weighted by molar-refractivity contribution is 0.0705. The molecular formula is C18H21N3O4. The number of ketones is 1. The van der Waals surface area contributed by atoms with Gasteiger partial charge in [-0.15, -0.1) is 0 Å². The Morgan fingerprint density at radius 2 is 2.16 bits per heavy atom. The zero-order valence-corrected chi connectivity index (χ0v) is 14.4. The van der Waals surface area contributed by atoms with Crippen molar-refractivity contribution in [1.82, 2.24) is 15.0 Å². The fourth-order valence-electron chi connectivity index (χ4n) is 3.62. The molecule has 1 atom stereocenters. The van der Waals surface area contributed by atoms with Crippen LogP contribution in [0.3, 0.4) is 0 Å². The highest BCUT2D eigenvalue weighted by molar-refractivity contribution is 6.09. The number of likely N-dealkylation sites (tertiary alicyclic amines) is 1. The van der Waals surface area contributed by atoms with Crippen LogP contribution in [0.1, 0.15) is 89.7 Å². The van der Waals surface area contributed by atoms with Gasteiger partial charge in [-0.25, -0.2) is 0 Å². The van der Waals surface area contributed by atoms with Crippen LogP contribution in [0.15, 0.2) is 15.2 Å². The molecule has 1 fully saturated rings. The molecule has 1 aliphatic heterocycles. The molecule has 2 aliphatic rings. The van der Waals surface area contributed by atoms with Crippen molar-refractivity contribution in [3.05, 3.63) is 34.9 Å². The Morgan fingerprint density at radius 1 is 1.32 bits per heavy atom. The average molecular weight is 343 g/mol. The molecule has 3 heterocycles. The predicted molar refractivity (Wildman–Crippen MR) is 87.4 cm³/mol. The van der Waals surface area contributed by atoms with Gasteiger partial charge in [0.25, 0.3) is 5.91 Å². The molecule has 0 N–H and O–H groups in total. The maximum atomic E-state index is 13.1. The van der Waals surface area contributed by atoms with E-state index in [0.29, 0.717) is 48.0 Å². The third-order valence-corrected chi connectivity index (χ3v) is 4.96. The minimum absolute atomic E-state index is 0.00557. The Kier molecular flexibility index (Phi) is 3.94.